The summed E-state index contributed by atoms with van der Waals surface area (Å²) in [5.41, 5.74) is 5.27. The first-order valence-corrected chi connectivity index (χ1v) is 12.0. The van der Waals surface area contributed by atoms with Crippen LogP contribution in [0.5, 0.6) is 5.75 Å². The standard InChI is InChI=1S/C19H30O3Si/c1-20-17-8-6-7-15(13-17)9-11-18-16(14-23(3,4)5)10-12-19(21-2)22-18/h6-8,13-14,18-19H,9-12H2,1-5H3/b16-14-. The van der Waals surface area contributed by atoms with E-state index in [1.807, 2.05) is 12.1 Å². The lowest BCUT2D eigenvalue weighted by molar-refractivity contribution is -0.164. The molecule has 1 aliphatic rings. The summed E-state index contributed by atoms with van der Waals surface area (Å²) in [6, 6.07) is 8.30. The third-order valence-electron chi connectivity index (χ3n) is 4.11. The highest BCUT2D eigenvalue weighted by Crippen LogP contribution is 2.29. The van der Waals surface area contributed by atoms with Gasteiger partial charge in [-0.15, -0.1) is 0 Å². The molecule has 0 aromatic heterocycles. The lowest BCUT2D eigenvalue weighted by Gasteiger charge is -2.33. The molecule has 1 saturated heterocycles. The van der Waals surface area contributed by atoms with Crippen LogP contribution in [0.15, 0.2) is 35.5 Å². The predicted molar refractivity (Wildman–Crippen MR) is 97.6 cm³/mol. The highest BCUT2D eigenvalue weighted by molar-refractivity contribution is 6.81. The van der Waals surface area contributed by atoms with Crippen molar-refractivity contribution in [3.8, 4) is 5.75 Å². The number of hydrogen-bond acceptors (Lipinski definition) is 3. The molecule has 4 heteroatoms. The van der Waals surface area contributed by atoms with Crippen LogP contribution in [-0.2, 0) is 15.9 Å². The van der Waals surface area contributed by atoms with Crippen LogP contribution < -0.4 is 4.74 Å². The Morgan fingerprint density at radius 2 is 2.04 bits per heavy atom. The van der Waals surface area contributed by atoms with E-state index in [1.54, 1.807) is 14.2 Å². The SMILES string of the molecule is COc1cccc(CCC2OC(OC)CC/C2=C/[Si](C)(C)C)c1. The van der Waals surface area contributed by atoms with Gasteiger partial charge in [0, 0.05) is 13.5 Å². The molecule has 1 aliphatic heterocycles. The molecule has 1 aromatic rings. The monoisotopic (exact) mass is 334 g/mol. The molecule has 0 saturated carbocycles. The minimum atomic E-state index is -1.24. The summed E-state index contributed by atoms with van der Waals surface area (Å²) in [5, 5.41) is 0. The third-order valence-corrected chi connectivity index (χ3v) is 5.35. The number of methoxy groups -OCH3 is 2. The molecule has 1 fully saturated rings. The van der Waals surface area contributed by atoms with Gasteiger partial charge in [0.05, 0.1) is 21.3 Å². The molecule has 2 unspecified atom stereocenters. The molecule has 0 aliphatic carbocycles. The Morgan fingerprint density at radius 3 is 2.70 bits per heavy atom. The summed E-state index contributed by atoms with van der Waals surface area (Å²) in [7, 11) is 2.20. The molecule has 0 radical (unpaired) electrons. The zero-order valence-electron chi connectivity index (χ0n) is 15.1. The molecule has 2 atom stereocenters. The van der Waals surface area contributed by atoms with Crippen molar-refractivity contribution in [2.24, 2.45) is 0 Å². The summed E-state index contributed by atoms with van der Waals surface area (Å²) in [6.45, 7) is 7.13. The summed E-state index contributed by atoms with van der Waals surface area (Å²) in [5.74, 6) is 0.916. The van der Waals surface area contributed by atoms with Crippen molar-refractivity contribution >= 4 is 8.07 Å². The molecular formula is C19H30O3Si. The normalized spacial score (nSPS) is 24.0. The molecule has 3 nitrogen and oxygen atoms in total. The second-order valence-electron chi connectivity index (χ2n) is 7.30. The quantitative estimate of drug-likeness (QED) is 0.713. The van der Waals surface area contributed by atoms with Gasteiger partial charge in [-0.25, -0.2) is 0 Å². The van der Waals surface area contributed by atoms with E-state index in [4.69, 9.17) is 14.2 Å². The first kappa shape index (κ1) is 18.2. The van der Waals surface area contributed by atoms with Crippen molar-refractivity contribution in [2.75, 3.05) is 14.2 Å². The molecule has 1 aromatic carbocycles. The zero-order chi connectivity index (χ0) is 16.9. The fraction of sp³-hybridized carbons (Fsp3) is 0.579. The van der Waals surface area contributed by atoms with Crippen LogP contribution in [0.25, 0.3) is 0 Å². The number of hydrogen-bond donors (Lipinski definition) is 0. The molecule has 0 N–H and O–H groups in total. The second-order valence-corrected chi connectivity index (χ2v) is 12.3. The predicted octanol–water partition coefficient (Wildman–Crippen LogP) is 4.58. The highest BCUT2D eigenvalue weighted by atomic mass is 28.3. The Labute approximate surface area is 141 Å². The lowest BCUT2D eigenvalue weighted by Crippen LogP contribution is -2.33. The number of benzene rings is 1. The van der Waals surface area contributed by atoms with Gasteiger partial charge in [-0.1, -0.05) is 37.5 Å². The second kappa shape index (κ2) is 8.13. The van der Waals surface area contributed by atoms with Crippen LogP contribution in [0, 0.1) is 0 Å². The maximum absolute atomic E-state index is 6.17. The maximum atomic E-state index is 6.17. The first-order chi connectivity index (χ1) is 10.9. The Balaban J connectivity index is 2.07. The van der Waals surface area contributed by atoms with Crippen LogP contribution in [0.4, 0.5) is 0 Å². The Bertz CT molecular complexity index is 534. The van der Waals surface area contributed by atoms with Gasteiger partial charge in [0.15, 0.2) is 6.29 Å². The summed E-state index contributed by atoms with van der Waals surface area (Å²) in [6.07, 6.45) is 4.13. The van der Waals surface area contributed by atoms with Crippen molar-refractivity contribution < 1.29 is 14.2 Å². The van der Waals surface area contributed by atoms with Crippen molar-refractivity contribution in [1.82, 2.24) is 0 Å². The smallest absolute Gasteiger partial charge is 0.158 e. The van der Waals surface area contributed by atoms with Crippen molar-refractivity contribution in [3.63, 3.8) is 0 Å². The lowest BCUT2D eigenvalue weighted by atomic mass is 9.96. The van der Waals surface area contributed by atoms with E-state index >= 15 is 0 Å². The van der Waals surface area contributed by atoms with E-state index in [9.17, 15) is 0 Å². The van der Waals surface area contributed by atoms with E-state index in [0.29, 0.717) is 0 Å². The van der Waals surface area contributed by atoms with Gasteiger partial charge in [-0.2, -0.15) is 0 Å². The van der Waals surface area contributed by atoms with E-state index in [2.05, 4.69) is 37.5 Å². The number of aryl methyl sites for hydroxylation is 1. The van der Waals surface area contributed by atoms with Crippen molar-refractivity contribution in [3.05, 3.63) is 41.1 Å². The van der Waals surface area contributed by atoms with Gasteiger partial charge < -0.3 is 14.2 Å². The largest absolute Gasteiger partial charge is 0.497 e. The Kier molecular flexibility index (Phi) is 6.45. The first-order valence-electron chi connectivity index (χ1n) is 8.44. The van der Waals surface area contributed by atoms with Gasteiger partial charge >= 0.3 is 0 Å². The molecule has 23 heavy (non-hydrogen) atoms. The summed E-state index contributed by atoms with van der Waals surface area (Å²) < 4.78 is 16.9. The van der Waals surface area contributed by atoms with E-state index in [1.165, 1.54) is 11.1 Å². The molecule has 0 bridgehead atoms. The Hall–Kier alpha value is -1.10. The van der Waals surface area contributed by atoms with Gasteiger partial charge in [-0.3, -0.25) is 0 Å². The minimum absolute atomic E-state index is 0.0657. The van der Waals surface area contributed by atoms with Gasteiger partial charge in [0.1, 0.15) is 5.75 Å². The summed E-state index contributed by atoms with van der Waals surface area (Å²) in [4.78, 5) is 0. The van der Waals surface area contributed by atoms with Gasteiger partial charge in [-0.05, 0) is 42.5 Å². The van der Waals surface area contributed by atoms with E-state index in [0.717, 1.165) is 31.4 Å². The Morgan fingerprint density at radius 1 is 1.26 bits per heavy atom. The summed E-state index contributed by atoms with van der Waals surface area (Å²) >= 11 is 0. The maximum Gasteiger partial charge on any atom is 0.158 e. The minimum Gasteiger partial charge on any atom is -0.497 e. The van der Waals surface area contributed by atoms with E-state index in [-0.39, 0.29) is 12.4 Å². The molecular weight excluding hydrogens is 304 g/mol. The van der Waals surface area contributed by atoms with Crippen LogP contribution in [-0.4, -0.2) is 34.7 Å². The topological polar surface area (TPSA) is 27.7 Å². The highest BCUT2D eigenvalue weighted by Gasteiger charge is 2.27. The van der Waals surface area contributed by atoms with Crippen molar-refractivity contribution in [2.45, 2.75) is 57.7 Å². The molecule has 128 valence electrons. The molecule has 0 amide bonds. The fourth-order valence-electron chi connectivity index (χ4n) is 3.06. The molecule has 2 rings (SSSR count). The van der Waals surface area contributed by atoms with Crippen LogP contribution in [0.1, 0.15) is 24.8 Å². The van der Waals surface area contributed by atoms with Crippen LogP contribution in [0.2, 0.25) is 19.6 Å². The zero-order valence-corrected chi connectivity index (χ0v) is 16.1. The van der Waals surface area contributed by atoms with Crippen LogP contribution in [0.3, 0.4) is 0 Å². The number of rotatable bonds is 6. The average molecular weight is 335 g/mol. The van der Waals surface area contributed by atoms with Crippen LogP contribution >= 0.6 is 0 Å². The van der Waals surface area contributed by atoms with Gasteiger partial charge in [0.2, 0.25) is 0 Å². The average Bonchev–Trinajstić information content (AvgIpc) is 2.52. The molecule has 0 spiro atoms. The van der Waals surface area contributed by atoms with E-state index < -0.39 is 8.07 Å². The number of ether oxygens (including phenoxy) is 3. The molecule has 1 heterocycles. The fourth-order valence-corrected chi connectivity index (χ4v) is 4.50. The van der Waals surface area contributed by atoms with Gasteiger partial charge in [0.25, 0.3) is 0 Å². The third kappa shape index (κ3) is 5.79. The van der Waals surface area contributed by atoms with Crippen molar-refractivity contribution in [1.29, 1.82) is 0 Å².